The van der Waals surface area contributed by atoms with Crippen LogP contribution in [0.3, 0.4) is 0 Å². The van der Waals surface area contributed by atoms with Crippen molar-refractivity contribution in [1.82, 2.24) is 9.97 Å². The summed E-state index contributed by atoms with van der Waals surface area (Å²) in [6.45, 7) is 9.24. The van der Waals surface area contributed by atoms with Gasteiger partial charge in [0, 0.05) is 31.3 Å². The number of aromatic nitrogens is 2. The van der Waals surface area contributed by atoms with E-state index in [4.69, 9.17) is 4.98 Å². The molecule has 0 saturated heterocycles. The number of hydrogen-bond acceptors (Lipinski definition) is 4. The molecule has 0 radical (unpaired) electrons. The highest BCUT2D eigenvalue weighted by atomic mass is 15.2. The molecule has 4 nitrogen and oxygen atoms in total. The number of nitrogens with zero attached hydrogens (tertiary/aromatic N) is 3. The Kier molecular flexibility index (Phi) is 4.78. The lowest BCUT2D eigenvalue weighted by Crippen LogP contribution is -2.15. The van der Waals surface area contributed by atoms with Crippen LogP contribution in [0.4, 0.5) is 17.3 Å². The van der Waals surface area contributed by atoms with E-state index in [0.717, 1.165) is 29.7 Å². The highest BCUT2D eigenvalue weighted by molar-refractivity contribution is 5.62. The predicted octanol–water partition coefficient (Wildman–Crippen LogP) is 4.11. The average molecular weight is 284 g/mol. The van der Waals surface area contributed by atoms with Crippen LogP contribution in [0.25, 0.3) is 0 Å². The van der Waals surface area contributed by atoms with E-state index in [1.54, 1.807) is 0 Å². The third-order valence-corrected chi connectivity index (χ3v) is 3.34. The smallest absolute Gasteiger partial charge is 0.138 e. The molecule has 0 aliphatic carbocycles. The summed E-state index contributed by atoms with van der Waals surface area (Å²) in [5, 5.41) is 3.28. The summed E-state index contributed by atoms with van der Waals surface area (Å²) in [6, 6.07) is 10.4. The Hall–Kier alpha value is -2.10. The van der Waals surface area contributed by atoms with Gasteiger partial charge in [-0.1, -0.05) is 26.0 Å². The van der Waals surface area contributed by atoms with Gasteiger partial charge in [0.25, 0.3) is 0 Å². The molecule has 0 bridgehead atoms. The van der Waals surface area contributed by atoms with Gasteiger partial charge >= 0.3 is 0 Å². The summed E-state index contributed by atoms with van der Waals surface area (Å²) in [4.78, 5) is 11.4. The van der Waals surface area contributed by atoms with E-state index in [9.17, 15) is 0 Å². The molecule has 0 unspecified atom stereocenters. The Balaban J connectivity index is 2.41. The maximum absolute atomic E-state index is 4.70. The van der Waals surface area contributed by atoms with Crippen molar-refractivity contribution in [3.63, 3.8) is 0 Å². The van der Waals surface area contributed by atoms with E-state index in [0.29, 0.717) is 5.92 Å². The van der Waals surface area contributed by atoms with Gasteiger partial charge in [-0.2, -0.15) is 0 Å². The maximum atomic E-state index is 4.70. The van der Waals surface area contributed by atoms with Crippen LogP contribution in [0, 0.1) is 6.92 Å². The zero-order valence-corrected chi connectivity index (χ0v) is 13.5. The molecule has 1 aromatic heterocycles. The van der Waals surface area contributed by atoms with Crippen molar-refractivity contribution < 1.29 is 0 Å². The minimum atomic E-state index is 0.299. The largest absolute Gasteiger partial charge is 0.370 e. The molecule has 0 atom stereocenters. The molecule has 0 amide bonds. The maximum Gasteiger partial charge on any atom is 0.138 e. The fourth-order valence-electron chi connectivity index (χ4n) is 2.12. The summed E-state index contributed by atoms with van der Waals surface area (Å²) in [6.07, 6.45) is 0. The van der Waals surface area contributed by atoms with Gasteiger partial charge in [0.05, 0.1) is 0 Å². The number of anilines is 3. The fourth-order valence-corrected chi connectivity index (χ4v) is 2.12. The second kappa shape index (κ2) is 6.57. The average Bonchev–Trinajstić information content (AvgIpc) is 2.46. The van der Waals surface area contributed by atoms with E-state index in [2.05, 4.69) is 67.2 Å². The lowest BCUT2D eigenvalue weighted by Gasteiger charge is -2.21. The highest BCUT2D eigenvalue weighted by Gasteiger charge is 2.12. The van der Waals surface area contributed by atoms with Crippen molar-refractivity contribution in [3.05, 3.63) is 41.7 Å². The Bertz CT molecular complexity index is 607. The van der Waals surface area contributed by atoms with Crippen LogP contribution in [-0.2, 0) is 0 Å². The molecule has 0 aliphatic heterocycles. The van der Waals surface area contributed by atoms with E-state index in [1.165, 1.54) is 5.56 Å². The Labute approximate surface area is 127 Å². The molecule has 2 rings (SSSR count). The lowest BCUT2D eigenvalue weighted by atomic mass is 10.2. The summed E-state index contributed by atoms with van der Waals surface area (Å²) in [5.41, 5.74) is 2.37. The molecular weight excluding hydrogens is 260 g/mol. The van der Waals surface area contributed by atoms with Gasteiger partial charge in [0.2, 0.25) is 0 Å². The first-order valence-corrected chi connectivity index (χ1v) is 7.44. The van der Waals surface area contributed by atoms with Crippen molar-refractivity contribution in [3.8, 4) is 0 Å². The van der Waals surface area contributed by atoms with Gasteiger partial charge < -0.3 is 10.2 Å². The normalized spacial score (nSPS) is 10.8. The van der Waals surface area contributed by atoms with Gasteiger partial charge in [-0.3, -0.25) is 0 Å². The Morgan fingerprint density at radius 2 is 1.95 bits per heavy atom. The van der Waals surface area contributed by atoms with Crippen LogP contribution in [-0.4, -0.2) is 23.6 Å². The molecule has 0 spiro atoms. The zero-order valence-electron chi connectivity index (χ0n) is 13.5. The first-order valence-electron chi connectivity index (χ1n) is 7.44. The molecule has 4 heteroatoms. The Morgan fingerprint density at radius 1 is 1.19 bits per heavy atom. The van der Waals surface area contributed by atoms with Crippen LogP contribution < -0.4 is 10.2 Å². The number of benzene rings is 1. The lowest BCUT2D eigenvalue weighted by molar-refractivity contribution is 0.772. The van der Waals surface area contributed by atoms with E-state index < -0.39 is 0 Å². The third kappa shape index (κ3) is 3.72. The first kappa shape index (κ1) is 15.3. The van der Waals surface area contributed by atoms with E-state index >= 15 is 0 Å². The highest BCUT2D eigenvalue weighted by Crippen LogP contribution is 2.25. The van der Waals surface area contributed by atoms with Crippen molar-refractivity contribution in [1.29, 1.82) is 0 Å². The summed E-state index contributed by atoms with van der Waals surface area (Å²) >= 11 is 0. The monoisotopic (exact) mass is 284 g/mol. The number of hydrogen-bond donors (Lipinski definition) is 1. The van der Waals surface area contributed by atoms with E-state index in [-0.39, 0.29) is 0 Å². The molecule has 1 heterocycles. The van der Waals surface area contributed by atoms with Crippen molar-refractivity contribution in [2.45, 2.75) is 33.6 Å². The van der Waals surface area contributed by atoms with Crippen molar-refractivity contribution >= 4 is 17.3 Å². The second-order valence-electron chi connectivity index (χ2n) is 5.55. The van der Waals surface area contributed by atoms with Gasteiger partial charge in [0.15, 0.2) is 0 Å². The quantitative estimate of drug-likeness (QED) is 0.897. The summed E-state index contributed by atoms with van der Waals surface area (Å²) < 4.78 is 0. The van der Waals surface area contributed by atoms with Gasteiger partial charge in [0.1, 0.15) is 17.5 Å². The van der Waals surface area contributed by atoms with Crippen LogP contribution >= 0.6 is 0 Å². The minimum Gasteiger partial charge on any atom is -0.370 e. The van der Waals surface area contributed by atoms with Crippen LogP contribution in [0.15, 0.2) is 30.3 Å². The first-order chi connectivity index (χ1) is 10.0. The van der Waals surface area contributed by atoms with Crippen molar-refractivity contribution in [2.24, 2.45) is 0 Å². The van der Waals surface area contributed by atoms with Gasteiger partial charge in [-0.05, 0) is 31.5 Å². The molecule has 0 aliphatic rings. The molecule has 112 valence electrons. The van der Waals surface area contributed by atoms with Crippen LogP contribution in [0.1, 0.15) is 38.1 Å². The zero-order chi connectivity index (χ0) is 15.4. The Morgan fingerprint density at radius 3 is 2.57 bits per heavy atom. The predicted molar refractivity (Wildman–Crippen MR) is 89.5 cm³/mol. The molecule has 1 aromatic carbocycles. The number of rotatable bonds is 5. The van der Waals surface area contributed by atoms with Crippen LogP contribution in [0.2, 0.25) is 0 Å². The number of nitrogens with one attached hydrogen (secondary N) is 1. The molecular formula is C17H24N4. The second-order valence-corrected chi connectivity index (χ2v) is 5.55. The van der Waals surface area contributed by atoms with E-state index in [1.807, 2.05) is 13.1 Å². The molecule has 2 aromatic rings. The SMILES string of the molecule is CCNc1cc(N(C)c2cccc(C)c2)nc(C(C)C)n1. The topological polar surface area (TPSA) is 41.0 Å². The van der Waals surface area contributed by atoms with Gasteiger partial charge in [-0.25, -0.2) is 9.97 Å². The summed E-state index contributed by atoms with van der Waals surface area (Å²) in [7, 11) is 2.04. The van der Waals surface area contributed by atoms with Crippen molar-refractivity contribution in [2.75, 3.05) is 23.8 Å². The standard InChI is InChI=1S/C17H24N4/c1-6-18-15-11-16(20-17(19-15)12(2)3)21(5)14-9-7-8-13(4)10-14/h7-12H,6H2,1-5H3,(H,18,19,20). The van der Waals surface area contributed by atoms with Crippen LogP contribution in [0.5, 0.6) is 0 Å². The molecule has 0 fully saturated rings. The molecule has 1 N–H and O–H groups in total. The summed E-state index contributed by atoms with van der Waals surface area (Å²) in [5.74, 6) is 2.96. The molecule has 0 saturated carbocycles. The fraction of sp³-hybridized carbons (Fsp3) is 0.412. The molecule has 21 heavy (non-hydrogen) atoms. The minimum absolute atomic E-state index is 0.299. The third-order valence-electron chi connectivity index (χ3n) is 3.34. The number of aryl methyl sites for hydroxylation is 1. The van der Waals surface area contributed by atoms with Gasteiger partial charge in [-0.15, -0.1) is 0 Å².